The van der Waals surface area contributed by atoms with Gasteiger partial charge in [-0.3, -0.25) is 9.59 Å². The largest absolute Gasteiger partial charge is 0.489 e. The van der Waals surface area contributed by atoms with E-state index in [2.05, 4.69) is 17.2 Å². The molecule has 0 atom stereocenters. The molecule has 0 unspecified atom stereocenters. The lowest BCUT2D eigenvalue weighted by Gasteiger charge is -2.10. The van der Waals surface area contributed by atoms with E-state index in [9.17, 15) is 9.59 Å². The van der Waals surface area contributed by atoms with Gasteiger partial charge in [-0.15, -0.1) is 0 Å². The maximum atomic E-state index is 12.0. The number of primary amides is 1. The molecule has 24 heavy (non-hydrogen) atoms. The van der Waals surface area contributed by atoms with Crippen LogP contribution in [0.15, 0.2) is 61.2 Å². The summed E-state index contributed by atoms with van der Waals surface area (Å²) < 4.78 is 5.43. The number of hydrogen-bond acceptors (Lipinski definition) is 4. The van der Waals surface area contributed by atoms with Crippen LogP contribution in [0, 0.1) is 0 Å². The van der Waals surface area contributed by atoms with Crippen molar-refractivity contribution in [2.75, 3.05) is 23.8 Å². The monoisotopic (exact) mass is 325 g/mol. The number of carbonyl (C=O) groups is 2. The Morgan fingerprint density at radius 2 is 1.88 bits per heavy atom. The highest BCUT2D eigenvalue weighted by Gasteiger charge is 2.05. The Labute approximate surface area is 140 Å². The molecule has 0 aliphatic rings. The van der Waals surface area contributed by atoms with Crippen LogP contribution in [-0.4, -0.2) is 25.0 Å². The van der Waals surface area contributed by atoms with Crippen LogP contribution >= 0.6 is 0 Å². The van der Waals surface area contributed by atoms with Crippen LogP contribution in [0.25, 0.3) is 0 Å². The first-order valence-corrected chi connectivity index (χ1v) is 7.36. The van der Waals surface area contributed by atoms with Gasteiger partial charge in [0.25, 0.3) is 0 Å². The minimum absolute atomic E-state index is 0.0751. The number of amides is 2. The fraction of sp³-hybridized carbons (Fsp3) is 0.111. The molecule has 0 saturated carbocycles. The van der Waals surface area contributed by atoms with Crippen molar-refractivity contribution in [2.24, 2.45) is 5.73 Å². The van der Waals surface area contributed by atoms with Crippen LogP contribution < -0.4 is 21.1 Å². The summed E-state index contributed by atoms with van der Waals surface area (Å²) in [6, 6.07) is 13.7. The highest BCUT2D eigenvalue weighted by molar-refractivity contribution is 5.97. The van der Waals surface area contributed by atoms with E-state index in [4.69, 9.17) is 10.5 Å². The summed E-state index contributed by atoms with van der Waals surface area (Å²) in [5, 5.41) is 5.71. The van der Waals surface area contributed by atoms with Gasteiger partial charge in [0.05, 0.1) is 6.54 Å². The molecule has 0 heterocycles. The minimum Gasteiger partial charge on any atom is -0.489 e. The lowest BCUT2D eigenvalue weighted by molar-refractivity contribution is -0.114. The van der Waals surface area contributed by atoms with Gasteiger partial charge in [-0.25, -0.2) is 0 Å². The summed E-state index contributed by atoms with van der Waals surface area (Å²) in [4.78, 5) is 23.1. The molecule has 6 nitrogen and oxygen atoms in total. The first-order chi connectivity index (χ1) is 11.6. The van der Waals surface area contributed by atoms with Crippen molar-refractivity contribution in [1.29, 1.82) is 0 Å². The van der Waals surface area contributed by atoms with Gasteiger partial charge in [0.2, 0.25) is 11.8 Å². The molecule has 0 saturated heterocycles. The predicted octanol–water partition coefficient (Wildman–Crippen LogP) is 2.40. The molecule has 6 heteroatoms. The molecule has 4 N–H and O–H groups in total. The van der Waals surface area contributed by atoms with E-state index in [0.29, 0.717) is 23.6 Å². The second-order valence-electron chi connectivity index (χ2n) is 4.97. The second kappa shape index (κ2) is 8.38. The number of carbonyl (C=O) groups excluding carboxylic acids is 2. The van der Waals surface area contributed by atoms with E-state index in [1.165, 1.54) is 6.07 Å². The van der Waals surface area contributed by atoms with Crippen molar-refractivity contribution in [3.05, 3.63) is 66.7 Å². The summed E-state index contributed by atoms with van der Waals surface area (Å²) in [5.41, 5.74) is 6.83. The molecule has 124 valence electrons. The zero-order valence-corrected chi connectivity index (χ0v) is 13.1. The summed E-state index contributed by atoms with van der Waals surface area (Å²) in [6.45, 7) is 4.08. The maximum Gasteiger partial charge on any atom is 0.248 e. The lowest BCUT2D eigenvalue weighted by Crippen LogP contribution is -2.22. The van der Waals surface area contributed by atoms with E-state index >= 15 is 0 Å². The second-order valence-corrected chi connectivity index (χ2v) is 4.97. The van der Waals surface area contributed by atoms with Gasteiger partial charge >= 0.3 is 0 Å². The van der Waals surface area contributed by atoms with Gasteiger partial charge in [0, 0.05) is 23.0 Å². The first kappa shape index (κ1) is 17.1. The average Bonchev–Trinajstić information content (AvgIpc) is 2.59. The number of rotatable bonds is 8. The third-order valence-electron chi connectivity index (χ3n) is 3.09. The molecule has 2 aromatic carbocycles. The number of nitrogens with two attached hydrogens (primary N) is 1. The molecule has 2 rings (SSSR count). The number of hydrogen-bond donors (Lipinski definition) is 3. The van der Waals surface area contributed by atoms with E-state index in [0.717, 1.165) is 5.69 Å². The van der Waals surface area contributed by atoms with Crippen LogP contribution in [-0.2, 0) is 4.79 Å². The molecule has 0 aliphatic carbocycles. The number of anilines is 2. The molecule has 2 amide bonds. The summed E-state index contributed by atoms with van der Waals surface area (Å²) >= 11 is 0. The van der Waals surface area contributed by atoms with Crippen molar-refractivity contribution in [2.45, 2.75) is 0 Å². The van der Waals surface area contributed by atoms with Gasteiger partial charge in [0.1, 0.15) is 12.4 Å². The van der Waals surface area contributed by atoms with Gasteiger partial charge in [-0.1, -0.05) is 24.8 Å². The van der Waals surface area contributed by atoms with Crippen molar-refractivity contribution in [1.82, 2.24) is 0 Å². The Bertz CT molecular complexity index is 744. The molecule has 0 aromatic heterocycles. The topological polar surface area (TPSA) is 93.4 Å². The van der Waals surface area contributed by atoms with Crippen LogP contribution in [0.4, 0.5) is 11.4 Å². The van der Waals surface area contributed by atoms with Gasteiger partial charge in [0.15, 0.2) is 0 Å². The molecule has 0 aliphatic heterocycles. The quantitative estimate of drug-likeness (QED) is 0.650. The molecular weight excluding hydrogens is 306 g/mol. The van der Waals surface area contributed by atoms with Crippen LogP contribution in [0.5, 0.6) is 5.75 Å². The summed E-state index contributed by atoms with van der Waals surface area (Å²) in [7, 11) is 0. The molecule has 0 fully saturated rings. The highest BCUT2D eigenvalue weighted by atomic mass is 16.5. The van der Waals surface area contributed by atoms with Crippen LogP contribution in [0.1, 0.15) is 10.4 Å². The Morgan fingerprint density at radius 1 is 1.12 bits per heavy atom. The van der Waals surface area contributed by atoms with E-state index in [1.807, 2.05) is 18.2 Å². The third-order valence-corrected chi connectivity index (χ3v) is 3.09. The van der Waals surface area contributed by atoms with Crippen molar-refractivity contribution < 1.29 is 14.3 Å². The fourth-order valence-corrected chi connectivity index (χ4v) is 1.99. The molecule has 0 bridgehead atoms. The first-order valence-electron chi connectivity index (χ1n) is 7.36. The van der Waals surface area contributed by atoms with E-state index in [1.54, 1.807) is 30.3 Å². The maximum absolute atomic E-state index is 12.0. The normalized spacial score (nSPS) is 9.83. The molecule has 2 aromatic rings. The zero-order valence-electron chi connectivity index (χ0n) is 13.1. The number of nitrogens with one attached hydrogen (secondary N) is 2. The third kappa shape index (κ3) is 5.17. The highest BCUT2D eigenvalue weighted by Crippen LogP contribution is 2.17. The summed E-state index contributed by atoms with van der Waals surface area (Å²) in [6.07, 6.45) is 1.66. The summed E-state index contributed by atoms with van der Waals surface area (Å²) in [5.74, 6) is -0.0935. The van der Waals surface area contributed by atoms with Gasteiger partial charge in [-0.05, 0) is 30.3 Å². The smallest absolute Gasteiger partial charge is 0.248 e. The SMILES string of the molecule is C=CCOc1cccc(NCC(=O)Nc2cccc(C(N)=O)c2)c1. The van der Waals surface area contributed by atoms with Gasteiger partial charge < -0.3 is 21.1 Å². The zero-order chi connectivity index (χ0) is 17.4. The van der Waals surface area contributed by atoms with Crippen LogP contribution in [0.3, 0.4) is 0 Å². The molecule has 0 spiro atoms. The van der Waals surface area contributed by atoms with Crippen molar-refractivity contribution in [3.63, 3.8) is 0 Å². The Balaban J connectivity index is 1.90. The van der Waals surface area contributed by atoms with Crippen molar-refractivity contribution >= 4 is 23.2 Å². The van der Waals surface area contributed by atoms with E-state index < -0.39 is 5.91 Å². The predicted molar refractivity (Wildman–Crippen MR) is 94.2 cm³/mol. The van der Waals surface area contributed by atoms with Crippen molar-refractivity contribution in [3.8, 4) is 5.75 Å². The molecule has 0 radical (unpaired) electrons. The van der Waals surface area contributed by atoms with Crippen LogP contribution in [0.2, 0.25) is 0 Å². The van der Waals surface area contributed by atoms with Gasteiger partial charge in [-0.2, -0.15) is 0 Å². The number of benzene rings is 2. The lowest BCUT2D eigenvalue weighted by atomic mass is 10.2. The van der Waals surface area contributed by atoms with E-state index in [-0.39, 0.29) is 12.5 Å². The Morgan fingerprint density at radius 3 is 2.62 bits per heavy atom. The standard InChI is InChI=1S/C18H19N3O3/c1-2-9-24-16-8-4-6-14(11-16)20-12-17(22)21-15-7-3-5-13(10-15)18(19)23/h2-8,10-11,20H,1,9,12H2,(H2,19,23)(H,21,22). The molecular formula is C18H19N3O3. The Hall–Kier alpha value is -3.28. The average molecular weight is 325 g/mol. The fourth-order valence-electron chi connectivity index (χ4n) is 1.99. The minimum atomic E-state index is -0.541. The Kier molecular flexibility index (Phi) is 5.96. The number of ether oxygens (including phenoxy) is 1.